The Kier molecular flexibility index (Phi) is 6.30. The van der Waals surface area contributed by atoms with E-state index in [1.54, 1.807) is 7.11 Å². The molecule has 1 amide bonds. The smallest absolute Gasteiger partial charge is 0.279 e. The lowest BCUT2D eigenvalue weighted by molar-refractivity contribution is -0.892. The number of para-hydroxylation sites is 1. The number of carbonyl (C=O) groups excluding carboxylic acids is 1. The van der Waals surface area contributed by atoms with Gasteiger partial charge in [-0.3, -0.25) is 4.79 Å². The van der Waals surface area contributed by atoms with E-state index in [1.807, 2.05) is 54.6 Å². The van der Waals surface area contributed by atoms with Crippen LogP contribution in [0.2, 0.25) is 0 Å². The van der Waals surface area contributed by atoms with Crippen LogP contribution >= 0.6 is 0 Å². The first kappa shape index (κ1) is 20.0. The average molecular weight is 403 g/mol. The summed E-state index contributed by atoms with van der Waals surface area (Å²) in [5, 5.41) is 3.12. The van der Waals surface area contributed by atoms with Crippen molar-refractivity contribution in [1.82, 2.24) is 0 Å². The average Bonchev–Trinajstić information content (AvgIpc) is 2.80. The standard InChI is InChI=1S/C25H27N3O2/c1-30-22-11-7-10-21(18-22)28-16-14-27(15-17-28)19-25(29)26-24-13-6-5-12-23(24)20-8-3-2-4-9-20/h2-13,18H,14-17,19H2,1H3,(H,26,29)/p+1. The lowest BCUT2D eigenvalue weighted by Crippen LogP contribution is -3.15. The van der Waals surface area contributed by atoms with Crippen molar-refractivity contribution >= 4 is 17.3 Å². The van der Waals surface area contributed by atoms with Gasteiger partial charge in [0.2, 0.25) is 0 Å². The van der Waals surface area contributed by atoms with E-state index in [2.05, 4.69) is 34.5 Å². The van der Waals surface area contributed by atoms with Crippen molar-refractivity contribution in [3.63, 3.8) is 0 Å². The van der Waals surface area contributed by atoms with Crippen molar-refractivity contribution in [1.29, 1.82) is 0 Å². The fraction of sp³-hybridized carbons (Fsp3) is 0.240. The van der Waals surface area contributed by atoms with Gasteiger partial charge in [-0.25, -0.2) is 0 Å². The summed E-state index contributed by atoms with van der Waals surface area (Å²) in [5.41, 5.74) is 4.19. The summed E-state index contributed by atoms with van der Waals surface area (Å²) in [6.07, 6.45) is 0. The molecule has 0 atom stereocenters. The molecule has 154 valence electrons. The van der Waals surface area contributed by atoms with Gasteiger partial charge in [-0.15, -0.1) is 0 Å². The second-order valence-corrected chi connectivity index (χ2v) is 7.58. The number of nitrogens with one attached hydrogen (secondary N) is 2. The number of hydrogen-bond donors (Lipinski definition) is 2. The molecule has 0 unspecified atom stereocenters. The molecule has 30 heavy (non-hydrogen) atoms. The highest BCUT2D eigenvalue weighted by molar-refractivity contribution is 5.96. The maximum absolute atomic E-state index is 12.7. The van der Waals surface area contributed by atoms with E-state index in [4.69, 9.17) is 4.74 Å². The van der Waals surface area contributed by atoms with Gasteiger partial charge in [-0.2, -0.15) is 0 Å². The summed E-state index contributed by atoms with van der Waals surface area (Å²) in [4.78, 5) is 16.4. The summed E-state index contributed by atoms with van der Waals surface area (Å²) in [6.45, 7) is 4.21. The molecule has 1 fully saturated rings. The number of nitrogens with zero attached hydrogens (tertiary/aromatic N) is 1. The summed E-state index contributed by atoms with van der Waals surface area (Å²) < 4.78 is 5.33. The van der Waals surface area contributed by atoms with Gasteiger partial charge in [-0.1, -0.05) is 54.6 Å². The highest BCUT2D eigenvalue weighted by atomic mass is 16.5. The number of rotatable bonds is 6. The molecule has 3 aromatic carbocycles. The molecular formula is C25H28N3O2+. The lowest BCUT2D eigenvalue weighted by Gasteiger charge is -2.33. The van der Waals surface area contributed by atoms with Gasteiger partial charge in [0.15, 0.2) is 6.54 Å². The van der Waals surface area contributed by atoms with Crippen LogP contribution in [-0.4, -0.2) is 45.7 Å². The van der Waals surface area contributed by atoms with Gasteiger partial charge in [0.05, 0.1) is 33.3 Å². The van der Waals surface area contributed by atoms with Crippen LogP contribution in [0.5, 0.6) is 5.75 Å². The van der Waals surface area contributed by atoms with Gasteiger partial charge >= 0.3 is 0 Å². The Labute approximate surface area is 177 Å². The third-order valence-corrected chi connectivity index (χ3v) is 5.59. The Bertz CT molecular complexity index is 982. The third kappa shape index (κ3) is 4.81. The molecule has 2 N–H and O–H groups in total. The number of benzene rings is 3. The number of carbonyl (C=O) groups is 1. The summed E-state index contributed by atoms with van der Waals surface area (Å²) in [7, 11) is 1.69. The van der Waals surface area contributed by atoms with E-state index in [1.165, 1.54) is 10.6 Å². The minimum atomic E-state index is 0.0585. The molecule has 5 heteroatoms. The van der Waals surface area contributed by atoms with Crippen LogP contribution < -0.4 is 19.9 Å². The quantitative estimate of drug-likeness (QED) is 0.667. The Morgan fingerprint density at radius 3 is 2.47 bits per heavy atom. The van der Waals surface area contributed by atoms with E-state index >= 15 is 0 Å². The van der Waals surface area contributed by atoms with Crippen molar-refractivity contribution in [3.05, 3.63) is 78.9 Å². The van der Waals surface area contributed by atoms with Crippen LogP contribution in [0.4, 0.5) is 11.4 Å². The zero-order valence-corrected chi connectivity index (χ0v) is 17.3. The van der Waals surface area contributed by atoms with Crippen LogP contribution in [-0.2, 0) is 4.79 Å². The number of ether oxygens (including phenoxy) is 1. The first-order valence-electron chi connectivity index (χ1n) is 10.4. The molecule has 0 bridgehead atoms. The molecule has 5 nitrogen and oxygen atoms in total. The van der Waals surface area contributed by atoms with Gasteiger partial charge in [0.25, 0.3) is 5.91 Å². The van der Waals surface area contributed by atoms with E-state index in [-0.39, 0.29) is 5.91 Å². The third-order valence-electron chi connectivity index (χ3n) is 5.59. The van der Waals surface area contributed by atoms with Gasteiger partial charge < -0.3 is 19.9 Å². The highest BCUT2D eigenvalue weighted by Gasteiger charge is 2.23. The van der Waals surface area contributed by atoms with Crippen LogP contribution in [0.15, 0.2) is 78.9 Å². The molecule has 0 aromatic heterocycles. The summed E-state index contributed by atoms with van der Waals surface area (Å²) >= 11 is 0. The lowest BCUT2D eigenvalue weighted by atomic mass is 10.0. The minimum absolute atomic E-state index is 0.0585. The number of anilines is 2. The maximum atomic E-state index is 12.7. The number of methoxy groups -OCH3 is 1. The summed E-state index contributed by atoms with van der Waals surface area (Å²) in [6, 6.07) is 26.3. The second kappa shape index (κ2) is 9.46. The topological polar surface area (TPSA) is 46.0 Å². The number of amides is 1. The van der Waals surface area contributed by atoms with E-state index in [9.17, 15) is 4.79 Å². The van der Waals surface area contributed by atoms with Crippen molar-refractivity contribution in [2.24, 2.45) is 0 Å². The Balaban J connectivity index is 1.34. The Hall–Kier alpha value is -3.31. The Morgan fingerprint density at radius 2 is 1.70 bits per heavy atom. The first-order chi connectivity index (χ1) is 14.7. The molecule has 0 radical (unpaired) electrons. The zero-order chi connectivity index (χ0) is 20.8. The van der Waals surface area contributed by atoms with Crippen molar-refractivity contribution < 1.29 is 14.4 Å². The molecule has 0 spiro atoms. The molecule has 1 aliphatic rings. The van der Waals surface area contributed by atoms with Gasteiger partial charge in [0, 0.05) is 23.0 Å². The number of quaternary nitrogens is 1. The maximum Gasteiger partial charge on any atom is 0.279 e. The van der Waals surface area contributed by atoms with Crippen molar-refractivity contribution in [2.75, 3.05) is 50.1 Å². The zero-order valence-electron chi connectivity index (χ0n) is 17.3. The highest BCUT2D eigenvalue weighted by Crippen LogP contribution is 2.27. The first-order valence-corrected chi connectivity index (χ1v) is 10.4. The molecule has 3 aromatic rings. The minimum Gasteiger partial charge on any atom is -0.497 e. The fourth-order valence-corrected chi connectivity index (χ4v) is 3.95. The molecular weight excluding hydrogens is 374 g/mol. The molecule has 1 heterocycles. The molecule has 1 saturated heterocycles. The second-order valence-electron chi connectivity index (χ2n) is 7.58. The number of piperazine rings is 1. The normalized spacial score (nSPS) is 14.4. The molecule has 4 rings (SSSR count). The van der Waals surface area contributed by atoms with Crippen LogP contribution in [0, 0.1) is 0 Å². The SMILES string of the molecule is COc1cccc(N2CC[NH+](CC(=O)Nc3ccccc3-c3ccccc3)CC2)c1. The van der Waals surface area contributed by atoms with Gasteiger partial charge in [0.1, 0.15) is 5.75 Å². The summed E-state index contributed by atoms with van der Waals surface area (Å²) in [5.74, 6) is 0.932. The van der Waals surface area contributed by atoms with E-state index < -0.39 is 0 Å². The molecule has 0 aliphatic carbocycles. The number of hydrogen-bond acceptors (Lipinski definition) is 3. The monoisotopic (exact) mass is 402 g/mol. The van der Waals surface area contributed by atoms with Crippen LogP contribution in [0.25, 0.3) is 11.1 Å². The largest absolute Gasteiger partial charge is 0.497 e. The van der Waals surface area contributed by atoms with E-state index in [0.717, 1.165) is 48.7 Å². The Morgan fingerprint density at radius 1 is 0.967 bits per heavy atom. The van der Waals surface area contributed by atoms with Crippen molar-refractivity contribution in [2.45, 2.75) is 0 Å². The van der Waals surface area contributed by atoms with Crippen LogP contribution in [0.1, 0.15) is 0 Å². The fourth-order valence-electron chi connectivity index (χ4n) is 3.95. The molecule has 0 saturated carbocycles. The van der Waals surface area contributed by atoms with Crippen LogP contribution in [0.3, 0.4) is 0 Å². The predicted octanol–water partition coefficient (Wildman–Crippen LogP) is 2.71. The predicted molar refractivity (Wildman–Crippen MR) is 121 cm³/mol. The van der Waals surface area contributed by atoms with E-state index in [0.29, 0.717) is 6.54 Å². The molecule has 1 aliphatic heterocycles. The van der Waals surface area contributed by atoms with Crippen molar-refractivity contribution in [3.8, 4) is 16.9 Å². The van der Waals surface area contributed by atoms with Gasteiger partial charge in [-0.05, 0) is 23.8 Å².